The highest BCUT2D eigenvalue weighted by atomic mass is 15.2. The zero-order valence-electron chi connectivity index (χ0n) is 6.59. The first kappa shape index (κ1) is 6.79. The molecular formula is C7H12N4. The molecule has 60 valence electrons. The summed E-state index contributed by atoms with van der Waals surface area (Å²) < 4.78 is 0. The van der Waals surface area contributed by atoms with E-state index in [0.717, 1.165) is 12.4 Å². The summed E-state index contributed by atoms with van der Waals surface area (Å²) >= 11 is 0. The molecule has 0 unspecified atom stereocenters. The summed E-state index contributed by atoms with van der Waals surface area (Å²) in [6.07, 6.45) is 3.92. The number of H-pyrrole nitrogens is 1. The fourth-order valence-electron chi connectivity index (χ4n) is 1.40. The maximum absolute atomic E-state index is 4.14. The van der Waals surface area contributed by atoms with E-state index in [1.807, 2.05) is 0 Å². The fraction of sp³-hybridized carbons (Fsp3) is 0.714. The molecule has 0 radical (unpaired) electrons. The van der Waals surface area contributed by atoms with E-state index >= 15 is 0 Å². The van der Waals surface area contributed by atoms with Crippen LogP contribution in [0.5, 0.6) is 0 Å². The van der Waals surface area contributed by atoms with Gasteiger partial charge in [0.25, 0.3) is 0 Å². The largest absolute Gasteiger partial charge is 0.305 e. The van der Waals surface area contributed by atoms with Crippen LogP contribution in [0, 0.1) is 0 Å². The van der Waals surface area contributed by atoms with E-state index in [2.05, 4.69) is 27.4 Å². The minimum atomic E-state index is 0.144. The minimum absolute atomic E-state index is 0.144. The number of hydrogen-bond acceptors (Lipinski definition) is 3. The Morgan fingerprint density at radius 2 is 2.55 bits per heavy atom. The Balaban J connectivity index is 2.15. The number of aromatic amines is 1. The molecule has 1 fully saturated rings. The predicted octanol–water partition coefficient (Wildman–Crippen LogP) is 0.403. The molecule has 2 rings (SSSR count). The molecule has 11 heavy (non-hydrogen) atoms. The second-order valence-electron chi connectivity index (χ2n) is 2.95. The molecule has 0 atom stereocenters. The Hall–Kier alpha value is -0.900. The minimum Gasteiger partial charge on any atom is -0.305 e. The summed E-state index contributed by atoms with van der Waals surface area (Å²) in [5, 5.41) is 10.1. The summed E-state index contributed by atoms with van der Waals surface area (Å²) in [6.45, 7) is 3.09. The molecule has 0 saturated heterocycles. The fourth-order valence-corrected chi connectivity index (χ4v) is 1.40. The van der Waals surface area contributed by atoms with Crippen LogP contribution < -0.4 is 5.32 Å². The third-order valence-corrected chi connectivity index (χ3v) is 2.13. The molecule has 4 nitrogen and oxygen atoms in total. The molecule has 1 saturated carbocycles. The second kappa shape index (κ2) is 2.30. The van der Waals surface area contributed by atoms with Gasteiger partial charge in [-0.2, -0.15) is 5.10 Å². The first-order valence-electron chi connectivity index (χ1n) is 3.98. The molecule has 0 aromatic carbocycles. The van der Waals surface area contributed by atoms with Crippen molar-refractivity contribution < 1.29 is 0 Å². The van der Waals surface area contributed by atoms with E-state index in [4.69, 9.17) is 0 Å². The van der Waals surface area contributed by atoms with E-state index in [-0.39, 0.29) is 5.54 Å². The van der Waals surface area contributed by atoms with Crippen LogP contribution in [0.25, 0.3) is 0 Å². The van der Waals surface area contributed by atoms with Gasteiger partial charge in [-0.05, 0) is 19.4 Å². The highest BCUT2D eigenvalue weighted by Crippen LogP contribution is 2.43. The predicted molar refractivity (Wildman–Crippen MR) is 41.0 cm³/mol. The molecule has 0 amide bonds. The first-order chi connectivity index (χ1) is 5.37. The molecule has 0 bridgehead atoms. The second-order valence-corrected chi connectivity index (χ2v) is 2.95. The lowest BCUT2D eigenvalue weighted by Crippen LogP contribution is -2.29. The maximum atomic E-state index is 4.14. The van der Waals surface area contributed by atoms with Gasteiger partial charge in [-0.3, -0.25) is 5.10 Å². The smallest absolute Gasteiger partial charge is 0.144 e. The van der Waals surface area contributed by atoms with Crippen LogP contribution in [-0.2, 0) is 5.54 Å². The van der Waals surface area contributed by atoms with Gasteiger partial charge in [-0.15, -0.1) is 0 Å². The van der Waals surface area contributed by atoms with Gasteiger partial charge in [0.1, 0.15) is 12.2 Å². The van der Waals surface area contributed by atoms with Gasteiger partial charge in [0.2, 0.25) is 0 Å². The Morgan fingerprint density at radius 3 is 3.00 bits per heavy atom. The molecule has 1 aliphatic rings. The number of nitrogens with one attached hydrogen (secondary N) is 2. The van der Waals surface area contributed by atoms with Gasteiger partial charge in [0, 0.05) is 0 Å². The van der Waals surface area contributed by atoms with Crippen molar-refractivity contribution in [1.29, 1.82) is 0 Å². The molecule has 1 aromatic heterocycles. The summed E-state index contributed by atoms with van der Waals surface area (Å²) in [5.41, 5.74) is 0.144. The normalized spacial score (nSPS) is 20.1. The standard InChI is InChI=1S/C7H12N4/c1-2-9-7(3-4-7)6-8-5-10-11-6/h5,9H,2-4H2,1H3,(H,8,10,11). The average molecular weight is 152 g/mol. The van der Waals surface area contributed by atoms with Crippen LogP contribution in [0.3, 0.4) is 0 Å². The highest BCUT2D eigenvalue weighted by molar-refractivity contribution is 5.14. The Morgan fingerprint density at radius 1 is 1.73 bits per heavy atom. The molecule has 1 aliphatic carbocycles. The lowest BCUT2D eigenvalue weighted by Gasteiger charge is -2.11. The molecule has 0 aliphatic heterocycles. The van der Waals surface area contributed by atoms with Gasteiger partial charge in [-0.1, -0.05) is 6.92 Å². The number of rotatable bonds is 3. The van der Waals surface area contributed by atoms with Crippen molar-refractivity contribution in [3.63, 3.8) is 0 Å². The van der Waals surface area contributed by atoms with Gasteiger partial charge in [0.05, 0.1) is 5.54 Å². The summed E-state index contributed by atoms with van der Waals surface area (Å²) in [6, 6.07) is 0. The van der Waals surface area contributed by atoms with E-state index in [1.165, 1.54) is 12.8 Å². The number of hydrogen-bond donors (Lipinski definition) is 2. The van der Waals surface area contributed by atoms with Crippen LogP contribution in [0.2, 0.25) is 0 Å². The zero-order valence-corrected chi connectivity index (χ0v) is 6.59. The van der Waals surface area contributed by atoms with Crippen molar-refractivity contribution in [2.75, 3.05) is 6.54 Å². The third-order valence-electron chi connectivity index (χ3n) is 2.13. The lowest BCUT2D eigenvalue weighted by molar-refractivity contribution is 0.511. The third kappa shape index (κ3) is 1.03. The highest BCUT2D eigenvalue weighted by Gasteiger charge is 2.46. The summed E-state index contributed by atoms with van der Waals surface area (Å²) in [5.74, 6) is 0.986. The Bertz CT molecular complexity index is 225. The van der Waals surface area contributed by atoms with Crippen LogP contribution in [0.1, 0.15) is 25.6 Å². The molecule has 1 aromatic rings. The van der Waals surface area contributed by atoms with Crippen LogP contribution in [0.4, 0.5) is 0 Å². The van der Waals surface area contributed by atoms with Crippen molar-refractivity contribution in [3.8, 4) is 0 Å². The van der Waals surface area contributed by atoms with Crippen molar-refractivity contribution in [1.82, 2.24) is 20.5 Å². The number of aromatic nitrogens is 3. The summed E-state index contributed by atoms with van der Waals surface area (Å²) in [4.78, 5) is 4.14. The maximum Gasteiger partial charge on any atom is 0.144 e. The quantitative estimate of drug-likeness (QED) is 0.659. The molecule has 1 heterocycles. The average Bonchev–Trinajstić information content (AvgIpc) is 2.63. The molecular weight excluding hydrogens is 140 g/mol. The van der Waals surface area contributed by atoms with Crippen molar-refractivity contribution in [2.24, 2.45) is 0 Å². The first-order valence-corrected chi connectivity index (χ1v) is 3.98. The Labute approximate surface area is 65.4 Å². The summed E-state index contributed by atoms with van der Waals surface area (Å²) in [7, 11) is 0. The lowest BCUT2D eigenvalue weighted by atomic mass is 10.2. The van der Waals surface area contributed by atoms with Crippen molar-refractivity contribution in [2.45, 2.75) is 25.3 Å². The van der Waals surface area contributed by atoms with Gasteiger partial charge < -0.3 is 5.32 Å². The Kier molecular flexibility index (Phi) is 1.42. The van der Waals surface area contributed by atoms with Gasteiger partial charge >= 0.3 is 0 Å². The van der Waals surface area contributed by atoms with E-state index in [1.54, 1.807) is 6.33 Å². The van der Waals surface area contributed by atoms with Crippen molar-refractivity contribution in [3.05, 3.63) is 12.2 Å². The monoisotopic (exact) mass is 152 g/mol. The van der Waals surface area contributed by atoms with Crippen LogP contribution >= 0.6 is 0 Å². The van der Waals surface area contributed by atoms with Gasteiger partial charge in [0.15, 0.2) is 0 Å². The molecule has 4 heteroatoms. The zero-order chi connectivity index (χ0) is 7.73. The SMILES string of the molecule is CCNC1(c2ncn[nH]2)CC1. The molecule has 0 spiro atoms. The van der Waals surface area contributed by atoms with Gasteiger partial charge in [-0.25, -0.2) is 4.98 Å². The topological polar surface area (TPSA) is 53.6 Å². The number of nitrogens with zero attached hydrogens (tertiary/aromatic N) is 2. The van der Waals surface area contributed by atoms with Crippen molar-refractivity contribution >= 4 is 0 Å². The van der Waals surface area contributed by atoms with E-state index < -0.39 is 0 Å². The van der Waals surface area contributed by atoms with E-state index in [9.17, 15) is 0 Å². The van der Waals surface area contributed by atoms with Crippen LogP contribution in [-0.4, -0.2) is 21.7 Å². The van der Waals surface area contributed by atoms with E-state index in [0.29, 0.717) is 0 Å². The molecule has 2 N–H and O–H groups in total. The van der Waals surface area contributed by atoms with Crippen LogP contribution in [0.15, 0.2) is 6.33 Å².